The van der Waals surface area contributed by atoms with Crippen LogP contribution in [0.15, 0.2) is 53.1 Å². The van der Waals surface area contributed by atoms with Crippen LogP contribution in [0.4, 0.5) is 5.95 Å². The Balaban J connectivity index is 1.63. The van der Waals surface area contributed by atoms with E-state index >= 15 is 0 Å². The van der Waals surface area contributed by atoms with Crippen LogP contribution in [0.5, 0.6) is 5.75 Å². The topological polar surface area (TPSA) is 77.2 Å². The smallest absolute Gasteiger partial charge is 0.270 e. The summed E-state index contributed by atoms with van der Waals surface area (Å²) in [6.45, 7) is 5.71. The SMILES string of the molecule is CCc1ccc(O[C@@H](C)C(=O)Nc2noc(-c3ccccc3C)n2)cc1. The summed E-state index contributed by atoms with van der Waals surface area (Å²) in [5.41, 5.74) is 3.06. The zero-order chi connectivity index (χ0) is 18.5. The lowest BCUT2D eigenvalue weighted by Gasteiger charge is -2.13. The fourth-order valence-corrected chi connectivity index (χ4v) is 2.47. The molecule has 0 aliphatic heterocycles. The average Bonchev–Trinajstić information content (AvgIpc) is 3.11. The van der Waals surface area contributed by atoms with Crippen molar-refractivity contribution in [2.24, 2.45) is 0 Å². The molecule has 0 aliphatic carbocycles. The van der Waals surface area contributed by atoms with Gasteiger partial charge in [-0.1, -0.05) is 37.3 Å². The maximum Gasteiger partial charge on any atom is 0.270 e. The molecule has 2 aromatic carbocycles. The Morgan fingerprint density at radius 2 is 1.92 bits per heavy atom. The summed E-state index contributed by atoms with van der Waals surface area (Å²) in [5, 5.41) is 6.43. The molecule has 0 spiro atoms. The molecule has 3 aromatic rings. The van der Waals surface area contributed by atoms with Crippen molar-refractivity contribution in [2.45, 2.75) is 33.3 Å². The number of anilines is 1. The summed E-state index contributed by atoms with van der Waals surface area (Å²) >= 11 is 0. The van der Waals surface area contributed by atoms with E-state index in [-0.39, 0.29) is 11.9 Å². The number of hydrogen-bond acceptors (Lipinski definition) is 5. The molecule has 1 N–H and O–H groups in total. The number of amides is 1. The standard InChI is InChI=1S/C20H21N3O3/c1-4-15-9-11-16(12-10-15)25-14(3)18(24)21-20-22-19(26-23-20)17-8-6-5-7-13(17)2/h5-12,14H,4H2,1-3H3,(H,21,23,24)/t14-/m0/s1. The summed E-state index contributed by atoms with van der Waals surface area (Å²) in [7, 11) is 0. The zero-order valence-electron chi connectivity index (χ0n) is 15.0. The molecule has 1 heterocycles. The predicted molar refractivity (Wildman–Crippen MR) is 99.0 cm³/mol. The van der Waals surface area contributed by atoms with Crippen LogP contribution < -0.4 is 10.1 Å². The first-order valence-electron chi connectivity index (χ1n) is 8.53. The number of ether oxygens (including phenoxy) is 1. The minimum atomic E-state index is -0.692. The minimum absolute atomic E-state index is 0.116. The highest BCUT2D eigenvalue weighted by molar-refractivity contribution is 5.92. The quantitative estimate of drug-likeness (QED) is 0.726. The normalized spacial score (nSPS) is 11.8. The van der Waals surface area contributed by atoms with Crippen molar-refractivity contribution in [2.75, 3.05) is 5.32 Å². The number of aryl methyl sites for hydroxylation is 2. The summed E-state index contributed by atoms with van der Waals surface area (Å²) < 4.78 is 10.9. The highest BCUT2D eigenvalue weighted by Crippen LogP contribution is 2.22. The molecule has 0 bridgehead atoms. The van der Waals surface area contributed by atoms with Crippen LogP contribution in [-0.4, -0.2) is 22.2 Å². The van der Waals surface area contributed by atoms with Gasteiger partial charge in [-0.3, -0.25) is 10.1 Å². The van der Waals surface area contributed by atoms with Gasteiger partial charge in [0.2, 0.25) is 0 Å². The molecule has 0 saturated heterocycles. The Kier molecular flexibility index (Phi) is 5.31. The first-order chi connectivity index (χ1) is 12.6. The van der Waals surface area contributed by atoms with E-state index in [2.05, 4.69) is 22.4 Å². The van der Waals surface area contributed by atoms with E-state index in [1.165, 1.54) is 5.56 Å². The van der Waals surface area contributed by atoms with Crippen molar-refractivity contribution in [3.05, 3.63) is 59.7 Å². The number of carbonyl (C=O) groups is 1. The molecule has 1 atom stereocenters. The molecule has 134 valence electrons. The molecule has 0 fully saturated rings. The van der Waals surface area contributed by atoms with Crippen LogP contribution in [-0.2, 0) is 11.2 Å². The summed E-state index contributed by atoms with van der Waals surface area (Å²) in [5.74, 6) is 0.771. The predicted octanol–water partition coefficient (Wildman–Crippen LogP) is 4.01. The van der Waals surface area contributed by atoms with Gasteiger partial charge in [0.15, 0.2) is 6.10 Å². The number of carbonyl (C=O) groups excluding carboxylic acids is 1. The largest absolute Gasteiger partial charge is 0.481 e. The second-order valence-corrected chi connectivity index (χ2v) is 5.98. The summed E-state index contributed by atoms with van der Waals surface area (Å²) in [6.07, 6.45) is 0.264. The second kappa shape index (κ2) is 7.82. The Bertz CT molecular complexity index is 887. The third-order valence-corrected chi connectivity index (χ3v) is 4.05. The van der Waals surface area contributed by atoms with Gasteiger partial charge in [0, 0.05) is 5.56 Å². The molecule has 0 radical (unpaired) electrons. The highest BCUT2D eigenvalue weighted by Gasteiger charge is 2.18. The van der Waals surface area contributed by atoms with Gasteiger partial charge in [-0.05, 0) is 54.8 Å². The van der Waals surface area contributed by atoms with Gasteiger partial charge in [-0.15, -0.1) is 0 Å². The Morgan fingerprint density at radius 3 is 2.62 bits per heavy atom. The van der Waals surface area contributed by atoms with E-state index < -0.39 is 6.10 Å². The van der Waals surface area contributed by atoms with Crippen LogP contribution in [0.3, 0.4) is 0 Å². The summed E-state index contributed by atoms with van der Waals surface area (Å²) in [4.78, 5) is 16.5. The minimum Gasteiger partial charge on any atom is -0.481 e. The van der Waals surface area contributed by atoms with Crippen LogP contribution >= 0.6 is 0 Å². The van der Waals surface area contributed by atoms with Gasteiger partial charge in [-0.2, -0.15) is 4.98 Å². The summed E-state index contributed by atoms with van der Waals surface area (Å²) in [6, 6.07) is 15.3. The van der Waals surface area contributed by atoms with E-state index in [0.717, 1.165) is 17.5 Å². The van der Waals surface area contributed by atoms with Gasteiger partial charge in [0.25, 0.3) is 17.7 Å². The fraction of sp³-hybridized carbons (Fsp3) is 0.250. The van der Waals surface area contributed by atoms with Crippen LogP contribution in [0, 0.1) is 6.92 Å². The number of hydrogen-bond donors (Lipinski definition) is 1. The lowest BCUT2D eigenvalue weighted by atomic mass is 10.1. The van der Waals surface area contributed by atoms with Gasteiger partial charge in [0.05, 0.1) is 0 Å². The average molecular weight is 351 g/mol. The highest BCUT2D eigenvalue weighted by atomic mass is 16.5. The van der Waals surface area contributed by atoms with Crippen molar-refractivity contribution in [3.63, 3.8) is 0 Å². The number of benzene rings is 2. The lowest BCUT2D eigenvalue weighted by Crippen LogP contribution is -2.30. The Labute approximate surface area is 152 Å². The number of nitrogens with zero attached hydrogens (tertiary/aromatic N) is 2. The fourth-order valence-electron chi connectivity index (χ4n) is 2.47. The van der Waals surface area contributed by atoms with E-state index in [0.29, 0.717) is 11.6 Å². The number of aromatic nitrogens is 2. The van der Waals surface area contributed by atoms with Crippen molar-refractivity contribution in [3.8, 4) is 17.2 Å². The van der Waals surface area contributed by atoms with Crippen molar-refractivity contribution < 1.29 is 14.1 Å². The second-order valence-electron chi connectivity index (χ2n) is 5.98. The van der Waals surface area contributed by atoms with E-state index in [1.807, 2.05) is 55.5 Å². The maximum absolute atomic E-state index is 12.3. The molecule has 1 amide bonds. The van der Waals surface area contributed by atoms with E-state index in [4.69, 9.17) is 9.26 Å². The van der Waals surface area contributed by atoms with Crippen LogP contribution in [0.2, 0.25) is 0 Å². The molecular weight excluding hydrogens is 330 g/mol. The number of nitrogens with one attached hydrogen (secondary N) is 1. The monoisotopic (exact) mass is 351 g/mol. The first kappa shape index (κ1) is 17.7. The van der Waals surface area contributed by atoms with Gasteiger partial charge < -0.3 is 9.26 Å². The van der Waals surface area contributed by atoms with Gasteiger partial charge in [-0.25, -0.2) is 0 Å². The molecule has 26 heavy (non-hydrogen) atoms. The molecule has 0 unspecified atom stereocenters. The lowest BCUT2D eigenvalue weighted by molar-refractivity contribution is -0.122. The van der Waals surface area contributed by atoms with Crippen molar-refractivity contribution in [1.82, 2.24) is 10.1 Å². The molecule has 0 saturated carbocycles. The van der Waals surface area contributed by atoms with Gasteiger partial charge >= 0.3 is 0 Å². The Hall–Kier alpha value is -3.15. The van der Waals surface area contributed by atoms with Crippen LogP contribution in [0.1, 0.15) is 25.0 Å². The Morgan fingerprint density at radius 1 is 1.19 bits per heavy atom. The van der Waals surface area contributed by atoms with Crippen molar-refractivity contribution >= 4 is 11.9 Å². The molecule has 3 rings (SSSR count). The molecule has 1 aromatic heterocycles. The molecule has 6 heteroatoms. The third-order valence-electron chi connectivity index (χ3n) is 4.05. The van der Waals surface area contributed by atoms with E-state index in [9.17, 15) is 4.79 Å². The zero-order valence-corrected chi connectivity index (χ0v) is 15.0. The molecule has 6 nitrogen and oxygen atoms in total. The van der Waals surface area contributed by atoms with Crippen molar-refractivity contribution in [1.29, 1.82) is 0 Å². The first-order valence-corrected chi connectivity index (χ1v) is 8.53. The van der Waals surface area contributed by atoms with Crippen LogP contribution in [0.25, 0.3) is 11.5 Å². The molecule has 0 aliphatic rings. The number of rotatable bonds is 6. The maximum atomic E-state index is 12.3. The van der Waals surface area contributed by atoms with Gasteiger partial charge in [0.1, 0.15) is 5.75 Å². The third kappa shape index (κ3) is 4.08. The van der Waals surface area contributed by atoms with E-state index in [1.54, 1.807) is 6.92 Å². The molecular formula is C20H21N3O3.